The Hall–Kier alpha value is -4.22. The molecule has 2 aliphatic rings. The van der Waals surface area contributed by atoms with Crippen LogP contribution in [0.15, 0.2) is 65.8 Å². The lowest BCUT2D eigenvalue weighted by molar-refractivity contribution is -0.112. The standard InChI is InChI=1S/C31H35N5O3/c1-6-28(34-20(2)3)33-18-22(5)29(37)35-27-16-24(9-7-21(27)4)30(38)36-13-11-31(12-14-36)26-10-8-23(17-32)15-25(26)19-39-31/h6-10,15-16,18,20H,1,11-14,19H2,2-5H3,(H,33,34)(H,35,37)/b22-18+. The van der Waals surface area contributed by atoms with E-state index >= 15 is 0 Å². The number of benzene rings is 2. The van der Waals surface area contributed by atoms with Gasteiger partial charge >= 0.3 is 0 Å². The number of nitriles is 1. The second-order valence-electron chi connectivity index (χ2n) is 10.4. The first kappa shape index (κ1) is 27.8. The molecular formula is C31H35N5O3. The van der Waals surface area contributed by atoms with Gasteiger partial charge in [-0.05, 0) is 87.6 Å². The zero-order chi connectivity index (χ0) is 28.2. The molecule has 2 aromatic carbocycles. The summed E-state index contributed by atoms with van der Waals surface area (Å²) in [6.45, 7) is 12.9. The van der Waals surface area contributed by atoms with Gasteiger partial charge in [0, 0.05) is 42.2 Å². The van der Waals surface area contributed by atoms with E-state index in [4.69, 9.17) is 4.74 Å². The maximum absolute atomic E-state index is 13.4. The molecule has 2 amide bonds. The summed E-state index contributed by atoms with van der Waals surface area (Å²) in [5.74, 6) is 0.212. The number of piperidine rings is 1. The van der Waals surface area contributed by atoms with Gasteiger partial charge < -0.3 is 20.3 Å². The van der Waals surface area contributed by atoms with Gasteiger partial charge in [0.15, 0.2) is 0 Å². The molecule has 202 valence electrons. The topological polar surface area (TPSA) is 107 Å². The van der Waals surface area contributed by atoms with E-state index in [1.807, 2.05) is 49.9 Å². The highest BCUT2D eigenvalue weighted by Gasteiger charge is 2.43. The number of rotatable bonds is 6. The molecule has 0 unspecified atom stereocenters. The first-order chi connectivity index (χ1) is 18.7. The van der Waals surface area contributed by atoms with Crippen molar-refractivity contribution in [2.24, 2.45) is 4.99 Å². The molecule has 1 saturated heterocycles. The number of amides is 2. The van der Waals surface area contributed by atoms with Crippen LogP contribution in [0.3, 0.4) is 0 Å². The molecule has 0 bridgehead atoms. The van der Waals surface area contributed by atoms with Crippen molar-refractivity contribution in [2.45, 2.75) is 58.8 Å². The molecule has 8 heteroatoms. The van der Waals surface area contributed by atoms with Gasteiger partial charge in [-0.15, -0.1) is 0 Å². The minimum Gasteiger partial charge on any atom is -0.368 e. The summed E-state index contributed by atoms with van der Waals surface area (Å²) >= 11 is 0. The molecule has 0 aliphatic carbocycles. The lowest BCUT2D eigenvalue weighted by atomic mass is 9.83. The van der Waals surface area contributed by atoms with Crippen LogP contribution in [0, 0.1) is 18.3 Å². The predicted octanol–water partition coefficient (Wildman–Crippen LogP) is 4.95. The summed E-state index contributed by atoms with van der Waals surface area (Å²) in [6, 6.07) is 13.5. The summed E-state index contributed by atoms with van der Waals surface area (Å²) in [7, 11) is 0. The van der Waals surface area contributed by atoms with E-state index in [1.54, 1.807) is 25.1 Å². The van der Waals surface area contributed by atoms with Crippen molar-refractivity contribution in [1.82, 2.24) is 10.2 Å². The molecule has 39 heavy (non-hydrogen) atoms. The number of carbonyl (C=O) groups excluding carboxylic acids is 2. The fourth-order valence-electron chi connectivity index (χ4n) is 4.97. The predicted molar refractivity (Wildman–Crippen MR) is 152 cm³/mol. The summed E-state index contributed by atoms with van der Waals surface area (Å²) in [4.78, 5) is 32.4. The first-order valence-corrected chi connectivity index (χ1v) is 13.2. The summed E-state index contributed by atoms with van der Waals surface area (Å²) in [5.41, 5.74) is 4.80. The zero-order valence-electron chi connectivity index (χ0n) is 23.0. The third kappa shape index (κ3) is 6.10. The Morgan fingerprint density at radius 3 is 2.62 bits per heavy atom. The Kier molecular flexibility index (Phi) is 8.32. The molecule has 2 aromatic rings. The highest BCUT2D eigenvalue weighted by Crippen LogP contribution is 2.44. The van der Waals surface area contributed by atoms with E-state index in [-0.39, 0.29) is 17.9 Å². The van der Waals surface area contributed by atoms with Crippen LogP contribution in [0.1, 0.15) is 66.2 Å². The van der Waals surface area contributed by atoms with Crippen LogP contribution < -0.4 is 10.6 Å². The van der Waals surface area contributed by atoms with Gasteiger partial charge in [0.05, 0.1) is 23.8 Å². The number of fused-ring (bicyclic) bond motifs is 2. The molecular weight excluding hydrogens is 490 g/mol. The van der Waals surface area contributed by atoms with Crippen LogP contribution in [-0.4, -0.2) is 41.7 Å². The number of amidine groups is 1. The van der Waals surface area contributed by atoms with Gasteiger partial charge in [-0.1, -0.05) is 18.7 Å². The Morgan fingerprint density at radius 2 is 1.95 bits per heavy atom. The molecule has 4 rings (SSSR count). The molecule has 2 N–H and O–H groups in total. The molecule has 0 radical (unpaired) electrons. The Bertz CT molecular complexity index is 1390. The monoisotopic (exact) mass is 525 g/mol. The van der Waals surface area contributed by atoms with Crippen LogP contribution in [-0.2, 0) is 21.7 Å². The molecule has 1 spiro atoms. The van der Waals surface area contributed by atoms with Crippen LogP contribution in [0.25, 0.3) is 0 Å². The van der Waals surface area contributed by atoms with Gasteiger partial charge in [0.25, 0.3) is 11.8 Å². The van der Waals surface area contributed by atoms with Crippen LogP contribution >= 0.6 is 0 Å². The summed E-state index contributed by atoms with van der Waals surface area (Å²) < 4.78 is 6.23. The molecule has 2 heterocycles. The van der Waals surface area contributed by atoms with Gasteiger partial charge in [0.2, 0.25) is 0 Å². The Labute approximate surface area is 230 Å². The maximum atomic E-state index is 13.4. The SMILES string of the molecule is C=C/C(=N\C=C(/C)C(=O)Nc1cc(C(=O)N2CCC3(CC2)OCc2cc(C#N)ccc23)ccc1C)NC(C)C. The number of nitrogens with zero attached hydrogens (tertiary/aromatic N) is 3. The van der Waals surface area contributed by atoms with Crippen molar-refractivity contribution in [2.75, 3.05) is 18.4 Å². The number of hydrogen-bond acceptors (Lipinski definition) is 5. The van der Waals surface area contributed by atoms with Crippen molar-refractivity contribution in [3.05, 3.63) is 88.6 Å². The number of ether oxygens (including phenoxy) is 1. The normalized spacial score (nSPS) is 16.6. The first-order valence-electron chi connectivity index (χ1n) is 13.2. The quantitative estimate of drug-likeness (QED) is 0.315. The van der Waals surface area contributed by atoms with E-state index < -0.39 is 5.60 Å². The number of aryl methyl sites for hydroxylation is 1. The van der Waals surface area contributed by atoms with Gasteiger partial charge in [-0.2, -0.15) is 5.26 Å². The van der Waals surface area contributed by atoms with Crippen molar-refractivity contribution in [1.29, 1.82) is 5.26 Å². The molecule has 0 saturated carbocycles. The second kappa shape index (κ2) is 11.7. The third-order valence-corrected chi connectivity index (χ3v) is 7.21. The van der Waals surface area contributed by atoms with Crippen LogP contribution in [0.4, 0.5) is 5.69 Å². The molecule has 8 nitrogen and oxygen atoms in total. The average molecular weight is 526 g/mol. The third-order valence-electron chi connectivity index (χ3n) is 7.21. The van der Waals surface area contributed by atoms with E-state index in [0.29, 0.717) is 60.8 Å². The number of likely N-dealkylation sites (tertiary alicyclic amines) is 1. The lowest BCUT2D eigenvalue weighted by Gasteiger charge is -2.39. The summed E-state index contributed by atoms with van der Waals surface area (Å²) in [6.07, 6.45) is 4.48. The number of aliphatic imine (C=N–C) groups is 1. The van der Waals surface area contributed by atoms with Crippen LogP contribution in [0.5, 0.6) is 0 Å². The van der Waals surface area contributed by atoms with E-state index in [0.717, 1.165) is 16.7 Å². The van der Waals surface area contributed by atoms with Gasteiger partial charge in [-0.25, -0.2) is 4.99 Å². The highest BCUT2D eigenvalue weighted by molar-refractivity contribution is 6.05. The summed E-state index contributed by atoms with van der Waals surface area (Å²) in [5, 5.41) is 15.3. The number of anilines is 1. The second-order valence-corrected chi connectivity index (χ2v) is 10.4. The largest absolute Gasteiger partial charge is 0.368 e. The average Bonchev–Trinajstić information content (AvgIpc) is 3.28. The Morgan fingerprint density at radius 1 is 1.21 bits per heavy atom. The van der Waals surface area contributed by atoms with E-state index in [2.05, 4.69) is 28.3 Å². The Balaban J connectivity index is 1.43. The van der Waals surface area contributed by atoms with E-state index in [1.165, 1.54) is 6.20 Å². The fourth-order valence-corrected chi connectivity index (χ4v) is 4.97. The number of hydrogen-bond donors (Lipinski definition) is 2. The van der Waals surface area contributed by atoms with Crippen molar-refractivity contribution < 1.29 is 14.3 Å². The highest BCUT2D eigenvalue weighted by atomic mass is 16.5. The molecule has 2 aliphatic heterocycles. The van der Waals surface area contributed by atoms with Crippen molar-refractivity contribution in [3.63, 3.8) is 0 Å². The van der Waals surface area contributed by atoms with Gasteiger partial charge in [-0.3, -0.25) is 9.59 Å². The number of nitrogens with one attached hydrogen (secondary N) is 2. The fraction of sp³-hybridized carbons (Fsp3) is 0.355. The van der Waals surface area contributed by atoms with E-state index in [9.17, 15) is 14.9 Å². The minimum atomic E-state index is -0.408. The minimum absolute atomic E-state index is 0.0781. The number of carbonyl (C=O) groups is 2. The molecule has 1 fully saturated rings. The maximum Gasteiger partial charge on any atom is 0.253 e. The van der Waals surface area contributed by atoms with Crippen molar-refractivity contribution in [3.8, 4) is 6.07 Å². The zero-order valence-corrected chi connectivity index (χ0v) is 23.0. The lowest BCUT2D eigenvalue weighted by Crippen LogP contribution is -2.45. The van der Waals surface area contributed by atoms with Gasteiger partial charge in [0.1, 0.15) is 5.84 Å². The smallest absolute Gasteiger partial charge is 0.253 e. The molecule has 0 aromatic heterocycles. The van der Waals surface area contributed by atoms with Crippen LogP contribution in [0.2, 0.25) is 0 Å². The van der Waals surface area contributed by atoms with Crippen molar-refractivity contribution >= 4 is 23.3 Å². The molecule has 0 atom stereocenters.